The Hall–Kier alpha value is -3.48. The van der Waals surface area contributed by atoms with Crippen LogP contribution in [0.15, 0.2) is 59.1 Å². The van der Waals surface area contributed by atoms with Gasteiger partial charge in [0.2, 0.25) is 11.8 Å². The highest BCUT2D eigenvalue weighted by atomic mass is 19.1. The zero-order valence-electron chi connectivity index (χ0n) is 18.9. The average molecular weight is 450 g/mol. The van der Waals surface area contributed by atoms with Crippen LogP contribution in [0.3, 0.4) is 0 Å². The molecule has 0 aliphatic carbocycles. The number of rotatable bonds is 7. The molecule has 7 heteroatoms. The molecule has 4 rings (SSSR count). The summed E-state index contributed by atoms with van der Waals surface area (Å²) in [7, 11) is 1.60. The second-order valence-electron chi connectivity index (χ2n) is 8.69. The number of aryl methyl sites for hydroxylation is 2. The maximum Gasteiger partial charge on any atom is 0.228 e. The molecule has 0 bridgehead atoms. The molecule has 1 N–H and O–H groups in total. The van der Waals surface area contributed by atoms with Crippen molar-refractivity contribution in [1.29, 1.82) is 0 Å². The van der Waals surface area contributed by atoms with E-state index in [0.717, 1.165) is 16.8 Å². The summed E-state index contributed by atoms with van der Waals surface area (Å²) < 4.78 is 19.5. The van der Waals surface area contributed by atoms with Gasteiger partial charge in [0, 0.05) is 44.6 Å². The fraction of sp³-hybridized carbons (Fsp3) is 0.346. The molecule has 33 heavy (non-hydrogen) atoms. The van der Waals surface area contributed by atoms with Gasteiger partial charge in [-0.05, 0) is 37.0 Å². The zero-order valence-corrected chi connectivity index (χ0v) is 18.9. The predicted molar refractivity (Wildman–Crippen MR) is 123 cm³/mol. The zero-order chi connectivity index (χ0) is 23.4. The van der Waals surface area contributed by atoms with E-state index in [9.17, 15) is 14.0 Å². The lowest BCUT2D eigenvalue weighted by molar-refractivity contribution is -0.133. The highest BCUT2D eigenvalue weighted by Gasteiger charge is 2.46. The van der Waals surface area contributed by atoms with Gasteiger partial charge in [0.15, 0.2) is 0 Å². The molecule has 6 nitrogen and oxygen atoms in total. The van der Waals surface area contributed by atoms with E-state index in [-0.39, 0.29) is 24.1 Å². The summed E-state index contributed by atoms with van der Waals surface area (Å²) in [6, 6.07) is 16.3. The molecule has 1 aliphatic heterocycles. The van der Waals surface area contributed by atoms with E-state index >= 15 is 0 Å². The van der Waals surface area contributed by atoms with E-state index in [2.05, 4.69) is 10.5 Å². The van der Waals surface area contributed by atoms with E-state index in [0.29, 0.717) is 43.7 Å². The number of aromatic nitrogens is 1. The van der Waals surface area contributed by atoms with Gasteiger partial charge in [-0.1, -0.05) is 47.6 Å². The Morgan fingerprint density at radius 2 is 1.94 bits per heavy atom. The normalized spacial score (nSPS) is 17.8. The van der Waals surface area contributed by atoms with Gasteiger partial charge in [0.1, 0.15) is 17.3 Å². The molecule has 0 radical (unpaired) electrons. The molecule has 3 aromatic rings. The second kappa shape index (κ2) is 9.57. The summed E-state index contributed by atoms with van der Waals surface area (Å²) in [6.07, 6.45) is 1.41. The van der Waals surface area contributed by atoms with Crippen LogP contribution in [0.5, 0.6) is 0 Å². The molecule has 1 aromatic heterocycles. The van der Waals surface area contributed by atoms with Crippen LogP contribution in [0.2, 0.25) is 0 Å². The van der Waals surface area contributed by atoms with E-state index in [4.69, 9.17) is 4.52 Å². The van der Waals surface area contributed by atoms with E-state index in [1.807, 2.05) is 37.3 Å². The van der Waals surface area contributed by atoms with Gasteiger partial charge in [-0.2, -0.15) is 0 Å². The lowest BCUT2D eigenvalue weighted by atomic mass is 9.81. The van der Waals surface area contributed by atoms with Gasteiger partial charge in [0.25, 0.3) is 0 Å². The van der Waals surface area contributed by atoms with Crippen molar-refractivity contribution in [3.63, 3.8) is 0 Å². The first kappa shape index (κ1) is 22.7. The van der Waals surface area contributed by atoms with Crippen LogP contribution in [-0.4, -0.2) is 42.0 Å². The number of nitrogens with zero attached hydrogens (tertiary/aromatic N) is 2. The lowest BCUT2D eigenvalue weighted by Crippen LogP contribution is -2.44. The number of hydrogen-bond donors (Lipinski definition) is 1. The van der Waals surface area contributed by atoms with Crippen LogP contribution in [0, 0.1) is 18.2 Å². The molecule has 1 atom stereocenters. The molecule has 2 amide bonds. The number of halogens is 1. The maximum absolute atomic E-state index is 13.9. The predicted octanol–water partition coefficient (Wildman–Crippen LogP) is 3.93. The molecule has 172 valence electrons. The Morgan fingerprint density at radius 1 is 1.18 bits per heavy atom. The van der Waals surface area contributed by atoms with E-state index < -0.39 is 5.41 Å². The first-order valence-corrected chi connectivity index (χ1v) is 11.2. The Labute approximate surface area is 192 Å². The number of carbonyl (C=O) groups is 2. The largest absolute Gasteiger partial charge is 0.361 e. The Bertz CT molecular complexity index is 1160. The molecule has 1 fully saturated rings. The minimum absolute atomic E-state index is 0.0813. The number of benzene rings is 2. The van der Waals surface area contributed by atoms with Crippen molar-refractivity contribution in [3.8, 4) is 11.3 Å². The van der Waals surface area contributed by atoms with Gasteiger partial charge in [-0.3, -0.25) is 9.59 Å². The smallest absolute Gasteiger partial charge is 0.228 e. The molecular formula is C26H28FN3O3. The number of carbonyl (C=O) groups excluding carboxylic acids is 2. The van der Waals surface area contributed by atoms with Gasteiger partial charge in [-0.15, -0.1) is 0 Å². The number of likely N-dealkylation sites (tertiary alicyclic amines) is 1. The van der Waals surface area contributed by atoms with Gasteiger partial charge >= 0.3 is 0 Å². The van der Waals surface area contributed by atoms with Crippen molar-refractivity contribution in [1.82, 2.24) is 15.4 Å². The second-order valence-corrected chi connectivity index (χ2v) is 8.69. The minimum atomic E-state index is -0.787. The maximum atomic E-state index is 13.9. The van der Waals surface area contributed by atoms with Crippen molar-refractivity contribution in [3.05, 3.63) is 77.3 Å². The van der Waals surface area contributed by atoms with Crippen molar-refractivity contribution in [2.24, 2.45) is 5.41 Å². The van der Waals surface area contributed by atoms with E-state index in [1.54, 1.807) is 30.1 Å². The molecule has 1 aliphatic rings. The Kier molecular flexibility index (Phi) is 6.58. The van der Waals surface area contributed by atoms with Crippen LogP contribution >= 0.6 is 0 Å². The first-order valence-electron chi connectivity index (χ1n) is 11.2. The molecule has 0 spiro atoms. The monoisotopic (exact) mass is 449 g/mol. The molecular weight excluding hydrogens is 421 g/mol. The third-order valence-electron chi connectivity index (χ3n) is 6.47. The van der Waals surface area contributed by atoms with Crippen molar-refractivity contribution < 1.29 is 18.5 Å². The van der Waals surface area contributed by atoms with Gasteiger partial charge in [0.05, 0.1) is 5.41 Å². The summed E-state index contributed by atoms with van der Waals surface area (Å²) >= 11 is 0. The standard InChI is InChI=1S/C26H28FN3O3/c1-18-7-3-5-9-21(18)23-15-20(33-29-23)16-26(25(32)28-2)13-14-30(17-26)24(31)12-11-19-8-4-6-10-22(19)27/h3-10,15H,11-14,16-17H2,1-2H3,(H,28,32)/t26-/m0/s1. The van der Waals surface area contributed by atoms with Crippen molar-refractivity contribution in [2.75, 3.05) is 20.1 Å². The van der Waals surface area contributed by atoms with Crippen LogP contribution in [0.25, 0.3) is 11.3 Å². The average Bonchev–Trinajstić information content (AvgIpc) is 3.46. The summed E-state index contributed by atoms with van der Waals surface area (Å²) in [6.45, 7) is 2.78. The summed E-state index contributed by atoms with van der Waals surface area (Å²) in [4.78, 5) is 27.4. The molecule has 0 unspecified atom stereocenters. The first-order chi connectivity index (χ1) is 15.9. The third kappa shape index (κ3) is 4.82. The van der Waals surface area contributed by atoms with Crippen molar-refractivity contribution >= 4 is 11.8 Å². The third-order valence-corrected chi connectivity index (χ3v) is 6.47. The quantitative estimate of drug-likeness (QED) is 0.593. The van der Waals surface area contributed by atoms with E-state index in [1.165, 1.54) is 6.07 Å². The molecule has 2 heterocycles. The molecule has 0 saturated carbocycles. The Balaban J connectivity index is 1.46. The van der Waals surface area contributed by atoms with Crippen LogP contribution in [0.4, 0.5) is 4.39 Å². The number of amides is 2. The van der Waals surface area contributed by atoms with Crippen molar-refractivity contribution in [2.45, 2.75) is 32.6 Å². The fourth-order valence-corrected chi connectivity index (χ4v) is 4.58. The number of hydrogen-bond acceptors (Lipinski definition) is 4. The van der Waals surface area contributed by atoms with Gasteiger partial charge in [-0.25, -0.2) is 4.39 Å². The lowest BCUT2D eigenvalue weighted by Gasteiger charge is -2.26. The summed E-state index contributed by atoms with van der Waals surface area (Å²) in [5.74, 6) is 0.0988. The Morgan fingerprint density at radius 3 is 2.70 bits per heavy atom. The van der Waals surface area contributed by atoms with Crippen LogP contribution < -0.4 is 5.32 Å². The highest BCUT2D eigenvalue weighted by Crippen LogP contribution is 2.36. The minimum Gasteiger partial charge on any atom is -0.361 e. The fourth-order valence-electron chi connectivity index (χ4n) is 4.58. The molecule has 1 saturated heterocycles. The topological polar surface area (TPSA) is 75.4 Å². The SMILES string of the molecule is CNC(=O)[C@]1(Cc2cc(-c3ccccc3C)no2)CCN(C(=O)CCc2ccccc2F)C1. The van der Waals surface area contributed by atoms with Crippen LogP contribution in [0.1, 0.15) is 29.7 Å². The summed E-state index contributed by atoms with van der Waals surface area (Å²) in [5, 5.41) is 6.96. The molecule has 2 aromatic carbocycles. The van der Waals surface area contributed by atoms with Gasteiger partial charge < -0.3 is 14.7 Å². The highest BCUT2D eigenvalue weighted by molar-refractivity contribution is 5.85. The summed E-state index contributed by atoms with van der Waals surface area (Å²) in [5.41, 5.74) is 2.54. The number of nitrogens with one attached hydrogen (secondary N) is 1. The van der Waals surface area contributed by atoms with Crippen LogP contribution in [-0.2, 0) is 22.4 Å².